The lowest BCUT2D eigenvalue weighted by Gasteiger charge is -2.15. The van der Waals surface area contributed by atoms with Gasteiger partial charge in [0.2, 0.25) is 0 Å². The third-order valence-corrected chi connectivity index (χ3v) is 2.54. The first-order valence-corrected chi connectivity index (χ1v) is 7.36. The average Bonchev–Trinajstić information content (AvgIpc) is 2.57. The van der Waals surface area contributed by atoms with Crippen LogP contribution in [0, 0.1) is 0 Å². The van der Waals surface area contributed by atoms with Crippen LogP contribution in [0.1, 0.15) is 20.3 Å². The zero-order valence-corrected chi connectivity index (χ0v) is 14.1. The number of esters is 4. The van der Waals surface area contributed by atoms with E-state index in [1.165, 1.54) is 13.8 Å². The van der Waals surface area contributed by atoms with E-state index in [0.717, 1.165) is 12.2 Å². The van der Waals surface area contributed by atoms with Crippen molar-refractivity contribution in [2.24, 2.45) is 0 Å². The van der Waals surface area contributed by atoms with Crippen molar-refractivity contribution in [3.05, 3.63) is 25.3 Å². The molecule has 3 atom stereocenters. The number of carbonyl (C=O) groups excluding carboxylic acids is 4. The molecular weight excluding hydrogens is 336 g/mol. The van der Waals surface area contributed by atoms with Crippen LogP contribution in [-0.4, -0.2) is 60.5 Å². The smallest absolute Gasteiger partial charge is 0.335 e. The molecule has 0 bridgehead atoms. The van der Waals surface area contributed by atoms with Crippen molar-refractivity contribution in [2.45, 2.75) is 38.6 Å². The number of carbonyl (C=O) groups is 4. The molecule has 0 aliphatic heterocycles. The van der Waals surface area contributed by atoms with Gasteiger partial charge >= 0.3 is 23.9 Å². The van der Waals surface area contributed by atoms with Crippen LogP contribution in [0.2, 0.25) is 0 Å². The summed E-state index contributed by atoms with van der Waals surface area (Å²) in [4.78, 5) is 44.9. The van der Waals surface area contributed by atoms with Crippen molar-refractivity contribution < 1.29 is 43.2 Å². The fourth-order valence-corrected chi connectivity index (χ4v) is 1.37. The largest absolute Gasteiger partial charge is 0.462 e. The zero-order valence-electron chi connectivity index (χ0n) is 14.1. The van der Waals surface area contributed by atoms with Gasteiger partial charge in [0.05, 0.1) is 6.42 Å². The minimum atomic E-state index is -1.74. The van der Waals surface area contributed by atoms with E-state index in [4.69, 9.17) is 18.9 Å². The molecule has 0 heterocycles. The predicted molar refractivity (Wildman–Crippen MR) is 84.0 cm³/mol. The summed E-state index contributed by atoms with van der Waals surface area (Å²) in [6.07, 6.45) is -1.90. The van der Waals surface area contributed by atoms with Crippen LogP contribution >= 0.6 is 0 Å². The molecule has 0 aromatic heterocycles. The molecule has 0 aliphatic carbocycles. The van der Waals surface area contributed by atoms with Gasteiger partial charge in [0, 0.05) is 12.2 Å². The molecule has 0 spiro atoms. The molecule has 0 aromatic carbocycles. The van der Waals surface area contributed by atoms with Gasteiger partial charge in [-0.25, -0.2) is 14.4 Å². The molecule has 0 saturated heterocycles. The highest BCUT2D eigenvalue weighted by Gasteiger charge is 2.23. The molecular formula is C16H22O9. The molecule has 0 amide bonds. The van der Waals surface area contributed by atoms with Gasteiger partial charge in [-0.05, 0) is 13.8 Å². The highest BCUT2D eigenvalue weighted by atomic mass is 16.6. The second-order valence-corrected chi connectivity index (χ2v) is 4.94. The summed E-state index contributed by atoms with van der Waals surface area (Å²) in [7, 11) is 0. The van der Waals surface area contributed by atoms with Gasteiger partial charge < -0.3 is 24.1 Å². The minimum absolute atomic E-state index is 0.241. The summed E-state index contributed by atoms with van der Waals surface area (Å²) in [6, 6.07) is 0. The maximum absolute atomic E-state index is 11.5. The number of hydrogen-bond donors (Lipinski definition) is 1. The van der Waals surface area contributed by atoms with Crippen molar-refractivity contribution in [3.63, 3.8) is 0 Å². The number of aliphatic hydroxyl groups excluding tert-OH is 1. The van der Waals surface area contributed by atoms with Crippen LogP contribution < -0.4 is 0 Å². The summed E-state index contributed by atoms with van der Waals surface area (Å²) < 4.78 is 19.0. The molecule has 9 nitrogen and oxygen atoms in total. The summed E-state index contributed by atoms with van der Waals surface area (Å²) in [6.45, 7) is 8.86. The predicted octanol–water partition coefficient (Wildman–Crippen LogP) is 0.0592. The SMILES string of the molecule is C=CC(=O)OC(C)COC(=O)CC(O)C(=O)OCC(C)OC(=O)C=C. The minimum Gasteiger partial charge on any atom is -0.462 e. The first-order chi connectivity index (χ1) is 11.7. The standard InChI is InChI=1S/C16H22O9/c1-5-13(18)24-10(3)8-22-15(20)7-12(17)16(21)23-9-11(4)25-14(19)6-2/h5-6,10-12,17H,1-2,7-9H2,3-4H3. The van der Waals surface area contributed by atoms with Crippen molar-refractivity contribution in [3.8, 4) is 0 Å². The topological polar surface area (TPSA) is 125 Å². The summed E-state index contributed by atoms with van der Waals surface area (Å²) in [5, 5.41) is 9.58. The van der Waals surface area contributed by atoms with Crippen LogP contribution in [0.3, 0.4) is 0 Å². The Kier molecular flexibility index (Phi) is 10.5. The van der Waals surface area contributed by atoms with Gasteiger partial charge in [-0.15, -0.1) is 0 Å². The third-order valence-electron chi connectivity index (χ3n) is 2.54. The summed E-state index contributed by atoms with van der Waals surface area (Å²) in [5.41, 5.74) is 0. The molecule has 0 saturated carbocycles. The Bertz CT molecular complexity index is 512. The van der Waals surface area contributed by atoms with Crippen LogP contribution in [0.4, 0.5) is 0 Å². The Balaban J connectivity index is 4.11. The lowest BCUT2D eigenvalue weighted by Crippen LogP contribution is -2.31. The second kappa shape index (κ2) is 11.8. The molecule has 0 radical (unpaired) electrons. The average molecular weight is 358 g/mol. The monoisotopic (exact) mass is 358 g/mol. The molecule has 3 unspecified atom stereocenters. The molecule has 25 heavy (non-hydrogen) atoms. The van der Waals surface area contributed by atoms with Gasteiger partial charge in [-0.2, -0.15) is 0 Å². The number of rotatable bonds is 11. The summed E-state index contributed by atoms with van der Waals surface area (Å²) >= 11 is 0. The van der Waals surface area contributed by atoms with E-state index in [1.54, 1.807) is 0 Å². The Morgan fingerprint density at radius 3 is 1.80 bits per heavy atom. The van der Waals surface area contributed by atoms with Crippen LogP contribution in [0.25, 0.3) is 0 Å². The van der Waals surface area contributed by atoms with E-state index in [2.05, 4.69) is 13.2 Å². The Morgan fingerprint density at radius 2 is 1.36 bits per heavy atom. The molecule has 9 heteroatoms. The highest BCUT2D eigenvalue weighted by molar-refractivity contribution is 5.82. The Labute approximate surface area is 145 Å². The van der Waals surface area contributed by atoms with E-state index in [0.29, 0.717) is 0 Å². The molecule has 0 rings (SSSR count). The molecule has 0 aromatic rings. The van der Waals surface area contributed by atoms with Gasteiger partial charge in [-0.3, -0.25) is 4.79 Å². The van der Waals surface area contributed by atoms with Crippen LogP contribution in [0.15, 0.2) is 25.3 Å². The Hall–Kier alpha value is -2.68. The fraction of sp³-hybridized carbons (Fsp3) is 0.500. The van der Waals surface area contributed by atoms with E-state index >= 15 is 0 Å². The fourth-order valence-electron chi connectivity index (χ4n) is 1.37. The van der Waals surface area contributed by atoms with Gasteiger partial charge in [-0.1, -0.05) is 13.2 Å². The normalized spacial score (nSPS) is 13.6. The lowest BCUT2D eigenvalue weighted by atomic mass is 10.2. The van der Waals surface area contributed by atoms with Gasteiger partial charge in [0.1, 0.15) is 25.4 Å². The maximum atomic E-state index is 11.5. The van der Waals surface area contributed by atoms with Crippen molar-refractivity contribution >= 4 is 23.9 Å². The van der Waals surface area contributed by atoms with E-state index < -0.39 is 48.6 Å². The van der Waals surface area contributed by atoms with Crippen LogP contribution in [0.5, 0.6) is 0 Å². The quantitative estimate of drug-likeness (QED) is 0.310. The van der Waals surface area contributed by atoms with Gasteiger partial charge in [0.25, 0.3) is 0 Å². The first-order valence-electron chi connectivity index (χ1n) is 7.36. The summed E-state index contributed by atoms with van der Waals surface area (Å²) in [5.74, 6) is -3.29. The number of ether oxygens (including phenoxy) is 4. The van der Waals surface area contributed by atoms with E-state index in [-0.39, 0.29) is 13.2 Å². The third kappa shape index (κ3) is 10.7. The van der Waals surface area contributed by atoms with Crippen LogP contribution in [-0.2, 0) is 38.1 Å². The maximum Gasteiger partial charge on any atom is 0.335 e. The van der Waals surface area contributed by atoms with Gasteiger partial charge in [0.15, 0.2) is 6.10 Å². The number of hydrogen-bond acceptors (Lipinski definition) is 9. The van der Waals surface area contributed by atoms with E-state index in [9.17, 15) is 24.3 Å². The molecule has 1 N–H and O–H groups in total. The molecule has 140 valence electrons. The Morgan fingerprint density at radius 1 is 0.920 bits per heavy atom. The van der Waals surface area contributed by atoms with Crippen molar-refractivity contribution in [1.29, 1.82) is 0 Å². The first kappa shape index (κ1) is 22.3. The zero-order chi connectivity index (χ0) is 19.4. The highest BCUT2D eigenvalue weighted by Crippen LogP contribution is 2.02. The number of aliphatic hydroxyl groups is 1. The second-order valence-electron chi connectivity index (χ2n) is 4.94. The van der Waals surface area contributed by atoms with E-state index in [1.807, 2.05) is 0 Å². The molecule has 0 fully saturated rings. The van der Waals surface area contributed by atoms with Crippen molar-refractivity contribution in [1.82, 2.24) is 0 Å². The molecule has 0 aliphatic rings. The van der Waals surface area contributed by atoms with Crippen molar-refractivity contribution in [2.75, 3.05) is 13.2 Å². The lowest BCUT2D eigenvalue weighted by molar-refractivity contribution is -0.166.